The number of sulfonamides is 2. The molecule has 0 unspecified atom stereocenters. The number of carbonyl (C=O) groups excluding carboxylic acids is 1. The molecule has 11 nitrogen and oxygen atoms in total. The Balaban J connectivity index is 1.31. The first kappa shape index (κ1) is 41.8. The Hall–Kier alpha value is -2.86. The van der Waals surface area contributed by atoms with E-state index in [0.717, 1.165) is 68.4 Å². The fraction of sp³-hybridized carbons (Fsp3) is 0.634. The van der Waals surface area contributed by atoms with Gasteiger partial charge in [0.05, 0.1) is 17.2 Å². The van der Waals surface area contributed by atoms with Crippen LogP contribution >= 0.6 is 11.6 Å². The molecule has 1 N–H and O–H groups in total. The topological polar surface area (TPSA) is 126 Å². The lowest BCUT2D eigenvalue weighted by atomic mass is 9.63. The molecule has 3 heterocycles. The maximum Gasteiger partial charge on any atom is 0.264 e. The van der Waals surface area contributed by atoms with Crippen LogP contribution in [-0.4, -0.2) is 102 Å². The number of halogens is 1. The van der Waals surface area contributed by atoms with Crippen LogP contribution in [0.1, 0.15) is 86.7 Å². The Labute approximate surface area is 333 Å². The van der Waals surface area contributed by atoms with E-state index >= 15 is 0 Å². The number of amides is 1. The molecule has 2 fully saturated rings. The summed E-state index contributed by atoms with van der Waals surface area (Å²) in [7, 11) is -5.41. The molecule has 1 aliphatic carbocycles. The number of hydrogen-bond donors (Lipinski definition) is 1. The van der Waals surface area contributed by atoms with Gasteiger partial charge in [0.2, 0.25) is 20.0 Å². The minimum Gasteiger partial charge on any atom is -0.487 e. The number of rotatable bonds is 4. The number of anilines is 1. The van der Waals surface area contributed by atoms with Crippen molar-refractivity contribution < 1.29 is 31.1 Å². The molecule has 2 bridgehead atoms. The third-order valence-electron chi connectivity index (χ3n) is 12.5. The molecule has 0 aromatic heterocycles. The number of aryl methyl sites for hydroxylation is 1. The van der Waals surface area contributed by atoms with Gasteiger partial charge in [0.25, 0.3) is 5.91 Å². The zero-order valence-electron chi connectivity index (χ0n) is 32.7. The van der Waals surface area contributed by atoms with Gasteiger partial charge in [0.15, 0.2) is 0 Å². The molecule has 55 heavy (non-hydrogen) atoms. The molecule has 5 atom stereocenters. The summed E-state index contributed by atoms with van der Waals surface area (Å²) in [5.74, 6) is 7.33. The third-order valence-corrected chi connectivity index (χ3v) is 15.9. The van der Waals surface area contributed by atoms with Crippen LogP contribution < -0.4 is 14.4 Å². The van der Waals surface area contributed by atoms with E-state index in [4.69, 9.17) is 21.1 Å². The number of carbonyl (C=O) groups is 1. The smallest absolute Gasteiger partial charge is 0.264 e. The summed E-state index contributed by atoms with van der Waals surface area (Å²) in [5.41, 5.74) is 2.56. The molecular formula is C41H57ClN4O7S2. The third kappa shape index (κ3) is 10.00. The summed E-state index contributed by atoms with van der Waals surface area (Å²) >= 11 is 6.39. The quantitative estimate of drug-likeness (QED) is 0.387. The van der Waals surface area contributed by atoms with E-state index in [1.807, 2.05) is 25.1 Å². The molecular weight excluding hydrogens is 760 g/mol. The predicted molar refractivity (Wildman–Crippen MR) is 217 cm³/mol. The minimum absolute atomic E-state index is 0.160. The second-order valence-electron chi connectivity index (χ2n) is 15.9. The molecule has 3 aliphatic heterocycles. The van der Waals surface area contributed by atoms with Gasteiger partial charge >= 0.3 is 0 Å². The second-order valence-corrected chi connectivity index (χ2v) is 20.4. The summed E-state index contributed by atoms with van der Waals surface area (Å²) in [6.45, 7) is 8.45. The first-order valence-electron chi connectivity index (χ1n) is 19.8. The van der Waals surface area contributed by atoms with E-state index in [9.17, 15) is 21.6 Å². The maximum atomic E-state index is 13.6. The Morgan fingerprint density at radius 3 is 2.49 bits per heavy atom. The zero-order valence-corrected chi connectivity index (χ0v) is 35.1. The normalized spacial score (nSPS) is 28.5. The van der Waals surface area contributed by atoms with E-state index < -0.39 is 36.8 Å². The number of hydrogen-bond acceptors (Lipinski definition) is 9. The summed E-state index contributed by atoms with van der Waals surface area (Å²) in [6, 6.07) is 11.1. The monoisotopic (exact) mass is 816 g/mol. The lowest BCUT2D eigenvalue weighted by Crippen LogP contribution is -2.51. The van der Waals surface area contributed by atoms with E-state index in [0.29, 0.717) is 69.4 Å². The van der Waals surface area contributed by atoms with Crippen LogP contribution in [0.3, 0.4) is 0 Å². The molecule has 6 rings (SSSR count). The van der Waals surface area contributed by atoms with Crippen LogP contribution in [0.4, 0.5) is 5.69 Å². The van der Waals surface area contributed by atoms with Crippen molar-refractivity contribution in [1.29, 1.82) is 0 Å². The Morgan fingerprint density at radius 2 is 1.78 bits per heavy atom. The van der Waals surface area contributed by atoms with Gasteiger partial charge in [-0.05, 0) is 112 Å². The van der Waals surface area contributed by atoms with Crippen LogP contribution in [0.5, 0.6) is 5.75 Å². The molecule has 302 valence electrons. The molecule has 14 heteroatoms. The van der Waals surface area contributed by atoms with Crippen LogP contribution in [0, 0.1) is 29.6 Å². The van der Waals surface area contributed by atoms with Crippen molar-refractivity contribution in [2.75, 3.05) is 64.1 Å². The van der Waals surface area contributed by atoms with E-state index in [-0.39, 0.29) is 23.3 Å². The van der Waals surface area contributed by atoms with Crippen LogP contribution in [0.2, 0.25) is 5.02 Å². The van der Waals surface area contributed by atoms with Crippen LogP contribution in [-0.2, 0) is 37.8 Å². The van der Waals surface area contributed by atoms with Crippen molar-refractivity contribution in [3.05, 3.63) is 58.1 Å². The van der Waals surface area contributed by atoms with Gasteiger partial charge in [-0.2, -0.15) is 4.31 Å². The van der Waals surface area contributed by atoms with Gasteiger partial charge in [-0.15, -0.1) is 0 Å². The van der Waals surface area contributed by atoms with Gasteiger partial charge < -0.3 is 14.4 Å². The average Bonchev–Trinajstić information content (AvgIpc) is 3.17. The van der Waals surface area contributed by atoms with E-state index in [2.05, 4.69) is 26.4 Å². The van der Waals surface area contributed by atoms with Crippen LogP contribution in [0.15, 0.2) is 36.4 Å². The van der Waals surface area contributed by atoms with Crippen LogP contribution in [0.25, 0.3) is 0 Å². The van der Waals surface area contributed by atoms with Crippen molar-refractivity contribution in [3.63, 3.8) is 0 Å². The van der Waals surface area contributed by atoms with Gasteiger partial charge in [0, 0.05) is 75.8 Å². The number of piperazine rings is 1. The molecule has 1 amide bonds. The zero-order chi connectivity index (χ0) is 39.4. The SMILES string of the molecule is CO[C@@]1(C#CCCN2CCN(S(C)(=O)=O)CC2)CCC[C@H](C)[C@@H](C)S(=O)(=O)NC(=O)c2ccc3c(c2)N(CCCCc2cc(Cl)ccc2CO3)C[C@@H]2CC[C@H]21. The van der Waals surface area contributed by atoms with Gasteiger partial charge in [-0.1, -0.05) is 36.4 Å². The Kier molecular flexibility index (Phi) is 13.5. The van der Waals surface area contributed by atoms with Gasteiger partial charge in [-0.3, -0.25) is 9.69 Å². The van der Waals surface area contributed by atoms with Crippen molar-refractivity contribution in [2.45, 2.75) is 89.1 Å². The fourth-order valence-corrected chi connectivity index (χ4v) is 11.0. The molecule has 0 radical (unpaired) electrons. The first-order chi connectivity index (χ1) is 26.2. The number of nitrogens with zero attached hydrogens (tertiary/aromatic N) is 3. The second kappa shape index (κ2) is 17.7. The van der Waals surface area contributed by atoms with E-state index in [1.54, 1.807) is 32.2 Å². The summed E-state index contributed by atoms with van der Waals surface area (Å²) in [5, 5.41) is -0.0946. The largest absolute Gasteiger partial charge is 0.487 e. The maximum absolute atomic E-state index is 13.6. The lowest BCUT2D eigenvalue weighted by Gasteiger charge is -2.49. The highest BCUT2D eigenvalue weighted by molar-refractivity contribution is 7.90. The van der Waals surface area contributed by atoms with Gasteiger partial charge in [-0.25, -0.2) is 21.6 Å². The van der Waals surface area contributed by atoms with Crippen molar-refractivity contribution in [2.24, 2.45) is 17.8 Å². The van der Waals surface area contributed by atoms with Crippen molar-refractivity contribution in [1.82, 2.24) is 13.9 Å². The van der Waals surface area contributed by atoms with Crippen molar-refractivity contribution in [3.8, 4) is 17.6 Å². The highest BCUT2D eigenvalue weighted by atomic mass is 35.5. The minimum atomic E-state index is -3.97. The molecule has 1 saturated carbocycles. The fourth-order valence-electron chi connectivity index (χ4n) is 8.63. The number of fused-ring (bicyclic) bond motifs is 3. The van der Waals surface area contributed by atoms with Crippen molar-refractivity contribution >= 4 is 43.2 Å². The summed E-state index contributed by atoms with van der Waals surface area (Å²) in [4.78, 5) is 18.2. The number of benzene rings is 2. The average molecular weight is 818 g/mol. The molecule has 4 aliphatic rings. The first-order valence-corrected chi connectivity index (χ1v) is 23.5. The highest BCUT2D eigenvalue weighted by Gasteiger charge is 2.48. The molecule has 2 aromatic rings. The number of ether oxygens (including phenoxy) is 2. The number of nitrogens with one attached hydrogen (secondary N) is 1. The summed E-state index contributed by atoms with van der Waals surface area (Å²) < 4.78 is 68.0. The standard InChI is InChI=1S/C41H57ClN4O7S2/c1-30-10-9-19-41(52-3,18-6-8-20-44-22-24-46(25-23-44)54(4,48)49)37-16-13-34(37)28-45-21-7-5-11-32-26-36(42)15-12-35(32)29-53-39-17-14-33(27-38(39)45)40(47)43-55(50,51)31(30)2/h12,14-15,17,26-27,30-31,34,37H,5,7-11,13,16,19-25,28-29H2,1-4H3,(H,43,47)/t30-,31+,34-,37+,41-/m0/s1. The highest BCUT2D eigenvalue weighted by Crippen LogP contribution is 2.47. The van der Waals surface area contributed by atoms with E-state index in [1.165, 1.54) is 10.6 Å². The molecule has 1 saturated heterocycles. The Morgan fingerprint density at radius 1 is 1.00 bits per heavy atom. The predicted octanol–water partition coefficient (Wildman–Crippen LogP) is 5.71. The Bertz CT molecular complexity index is 1980. The summed E-state index contributed by atoms with van der Waals surface area (Å²) in [6.07, 6.45) is 8.63. The molecule has 0 spiro atoms. The van der Waals surface area contributed by atoms with Gasteiger partial charge in [0.1, 0.15) is 18.0 Å². The number of methoxy groups -OCH3 is 1. The molecule has 2 aromatic carbocycles. The lowest BCUT2D eigenvalue weighted by molar-refractivity contribution is -0.0742.